The minimum atomic E-state index is -1.55. The van der Waals surface area contributed by atoms with Crippen LogP contribution in [-0.4, -0.2) is 45.9 Å². The van der Waals surface area contributed by atoms with Gasteiger partial charge in [0.1, 0.15) is 0 Å². The van der Waals surface area contributed by atoms with Crippen molar-refractivity contribution in [3.63, 3.8) is 0 Å². The maximum absolute atomic E-state index is 13.7. The van der Waals surface area contributed by atoms with Crippen molar-refractivity contribution >= 4 is 11.9 Å². The molecule has 1 saturated heterocycles. The number of allylic oxidation sites excluding steroid dienone is 1. The highest BCUT2D eigenvalue weighted by atomic mass is 16.6. The number of esters is 1. The molecule has 35 heavy (non-hydrogen) atoms. The zero-order valence-electron chi connectivity index (χ0n) is 20.6. The van der Waals surface area contributed by atoms with Gasteiger partial charge in [0, 0.05) is 18.0 Å². The lowest BCUT2D eigenvalue weighted by Gasteiger charge is -2.49. The number of hydrogen-bond donors (Lipinski definition) is 3. The molecule has 1 aliphatic carbocycles. The molecule has 6 nitrogen and oxygen atoms in total. The van der Waals surface area contributed by atoms with E-state index in [2.05, 4.69) is 18.8 Å². The summed E-state index contributed by atoms with van der Waals surface area (Å²) in [5.41, 5.74) is 0.170. The quantitative estimate of drug-likeness (QED) is 0.446. The molecule has 2 aliphatic heterocycles. The molecule has 3 N–H and O–H groups in total. The summed E-state index contributed by atoms with van der Waals surface area (Å²) in [6, 6.07) is 9.62. The highest BCUT2D eigenvalue weighted by Crippen LogP contribution is 2.52. The molecule has 2 fully saturated rings. The normalized spacial score (nSPS) is 40.0. The number of amides is 1. The Bertz CT molecular complexity index is 1000. The summed E-state index contributed by atoms with van der Waals surface area (Å²) in [4.78, 5) is 26.7. The van der Waals surface area contributed by atoms with Gasteiger partial charge in [0.15, 0.2) is 0 Å². The first-order valence-corrected chi connectivity index (χ1v) is 12.7. The van der Waals surface area contributed by atoms with Crippen molar-refractivity contribution in [3.8, 4) is 0 Å². The van der Waals surface area contributed by atoms with Gasteiger partial charge in [0.25, 0.3) is 5.91 Å². The highest BCUT2D eigenvalue weighted by Gasteiger charge is 2.67. The molecule has 1 spiro atoms. The van der Waals surface area contributed by atoms with E-state index in [1.807, 2.05) is 49.4 Å². The molecule has 1 amide bonds. The molecule has 1 aromatic carbocycles. The number of ether oxygens (including phenoxy) is 1. The Morgan fingerprint density at radius 1 is 1.09 bits per heavy atom. The zero-order valence-corrected chi connectivity index (χ0v) is 20.6. The summed E-state index contributed by atoms with van der Waals surface area (Å²) >= 11 is 0. The van der Waals surface area contributed by atoms with Gasteiger partial charge in [-0.05, 0) is 55.1 Å². The first kappa shape index (κ1) is 25.4. The first-order valence-electron chi connectivity index (χ1n) is 12.7. The number of aliphatic hydroxyl groups excluding tert-OH is 2. The van der Waals surface area contributed by atoms with Gasteiger partial charge in [-0.3, -0.25) is 4.79 Å². The topological polar surface area (TPSA) is 95.9 Å². The fraction of sp³-hybridized carbons (Fsp3) is 0.517. The lowest BCUT2D eigenvalue weighted by atomic mass is 9.59. The molecule has 0 bridgehead atoms. The Morgan fingerprint density at radius 2 is 1.83 bits per heavy atom. The number of nitrogens with one attached hydrogen (secondary N) is 1. The third-order valence-corrected chi connectivity index (χ3v) is 8.04. The summed E-state index contributed by atoms with van der Waals surface area (Å²) in [7, 11) is 0. The van der Waals surface area contributed by atoms with Gasteiger partial charge in [0.05, 0.1) is 18.1 Å². The van der Waals surface area contributed by atoms with Gasteiger partial charge in [-0.2, -0.15) is 0 Å². The van der Waals surface area contributed by atoms with Crippen LogP contribution in [0, 0.1) is 23.7 Å². The van der Waals surface area contributed by atoms with Crippen molar-refractivity contribution in [1.29, 1.82) is 0 Å². The maximum atomic E-state index is 13.7. The Balaban J connectivity index is 1.77. The summed E-state index contributed by atoms with van der Waals surface area (Å²) in [6.45, 7) is 8.25. The second kappa shape index (κ2) is 10.5. The average Bonchev–Trinajstić information content (AvgIpc) is 3.09. The number of hydrogen-bond acceptors (Lipinski definition) is 5. The third-order valence-electron chi connectivity index (χ3n) is 8.04. The van der Waals surface area contributed by atoms with E-state index in [1.165, 1.54) is 6.08 Å². The predicted octanol–water partition coefficient (Wildman–Crippen LogP) is 3.49. The average molecular weight is 480 g/mol. The Labute approximate surface area is 207 Å². The standard InChI is InChI=1S/C29H37NO5/c1-18-9-7-13-23-27(33)20(3)19(2)26-24(17-21-10-5-4-6-11-21)30-28(34)29(23,26)35-25(32)14-8-12-22(31)16-15-18/h4-8,10-11,13-14,18-19,22-24,26-27,31,33H,3,9,12,15-17H2,1-2H3,(H,30,34)/b13-7+,14-8+/t18-,19+,22?,23?,24-,26?,27+,29+/m0/s1. The Hall–Kier alpha value is -2.70. The van der Waals surface area contributed by atoms with Crippen molar-refractivity contribution in [1.82, 2.24) is 5.32 Å². The Morgan fingerprint density at radius 3 is 2.57 bits per heavy atom. The smallest absolute Gasteiger partial charge is 0.331 e. The van der Waals surface area contributed by atoms with Gasteiger partial charge in [-0.15, -0.1) is 0 Å². The van der Waals surface area contributed by atoms with Crippen LogP contribution in [0.5, 0.6) is 0 Å². The van der Waals surface area contributed by atoms with Crippen LogP contribution in [0.4, 0.5) is 0 Å². The van der Waals surface area contributed by atoms with Gasteiger partial charge in [0.2, 0.25) is 5.60 Å². The van der Waals surface area contributed by atoms with E-state index in [4.69, 9.17) is 4.74 Å². The van der Waals surface area contributed by atoms with Gasteiger partial charge < -0.3 is 20.3 Å². The Kier molecular flexibility index (Phi) is 7.62. The molecule has 188 valence electrons. The van der Waals surface area contributed by atoms with Crippen LogP contribution in [0.15, 0.2) is 66.8 Å². The molecule has 1 aromatic rings. The van der Waals surface area contributed by atoms with E-state index in [-0.39, 0.29) is 17.9 Å². The summed E-state index contributed by atoms with van der Waals surface area (Å²) in [5, 5.41) is 24.7. The molecular formula is C29H37NO5. The van der Waals surface area contributed by atoms with Gasteiger partial charge in [-0.1, -0.05) is 69.0 Å². The molecule has 0 aromatic heterocycles. The largest absolute Gasteiger partial charge is 0.445 e. The van der Waals surface area contributed by atoms with E-state index in [9.17, 15) is 19.8 Å². The molecule has 3 unspecified atom stereocenters. The van der Waals surface area contributed by atoms with Crippen LogP contribution in [0.2, 0.25) is 0 Å². The number of rotatable bonds is 2. The fourth-order valence-corrected chi connectivity index (χ4v) is 6.05. The second-order valence-electron chi connectivity index (χ2n) is 10.5. The summed E-state index contributed by atoms with van der Waals surface area (Å²) < 4.78 is 6.07. The van der Waals surface area contributed by atoms with Crippen molar-refractivity contribution in [2.45, 2.75) is 69.8 Å². The SMILES string of the molecule is C=C1[C@@H](C)C2[C@H](Cc3ccccc3)NC(=O)[C@]23OC(=O)/C=C/CC(O)CC[C@@H](C)C/C=C/C3[C@@H]1O. The first-order chi connectivity index (χ1) is 16.7. The minimum Gasteiger partial charge on any atom is -0.445 e. The fourth-order valence-electron chi connectivity index (χ4n) is 6.05. The number of benzene rings is 1. The second-order valence-corrected chi connectivity index (χ2v) is 10.5. The lowest BCUT2D eigenvalue weighted by Crippen LogP contribution is -2.61. The van der Waals surface area contributed by atoms with Crippen molar-refractivity contribution in [2.24, 2.45) is 23.7 Å². The summed E-state index contributed by atoms with van der Waals surface area (Å²) in [5.74, 6) is -2.08. The minimum absolute atomic E-state index is 0.251. The van der Waals surface area contributed by atoms with E-state index in [0.29, 0.717) is 30.8 Å². The van der Waals surface area contributed by atoms with Crippen LogP contribution in [0.25, 0.3) is 0 Å². The zero-order chi connectivity index (χ0) is 25.2. The molecule has 3 aliphatic rings. The van der Waals surface area contributed by atoms with Crippen LogP contribution in [0.1, 0.15) is 45.1 Å². The highest BCUT2D eigenvalue weighted by molar-refractivity contribution is 5.94. The number of carbonyl (C=O) groups excluding carboxylic acids is 2. The van der Waals surface area contributed by atoms with Crippen molar-refractivity contribution < 1.29 is 24.5 Å². The van der Waals surface area contributed by atoms with E-state index in [0.717, 1.165) is 18.4 Å². The van der Waals surface area contributed by atoms with Gasteiger partial charge >= 0.3 is 5.97 Å². The van der Waals surface area contributed by atoms with Crippen LogP contribution < -0.4 is 5.32 Å². The third kappa shape index (κ3) is 5.00. The van der Waals surface area contributed by atoms with Crippen molar-refractivity contribution in [2.75, 3.05) is 0 Å². The maximum Gasteiger partial charge on any atom is 0.331 e. The number of carbonyl (C=O) groups is 2. The lowest BCUT2D eigenvalue weighted by molar-refractivity contribution is -0.182. The molecule has 8 atom stereocenters. The molecule has 6 heteroatoms. The predicted molar refractivity (Wildman–Crippen MR) is 134 cm³/mol. The van der Waals surface area contributed by atoms with E-state index in [1.54, 1.807) is 6.08 Å². The van der Waals surface area contributed by atoms with E-state index >= 15 is 0 Å². The van der Waals surface area contributed by atoms with Crippen LogP contribution >= 0.6 is 0 Å². The monoisotopic (exact) mass is 479 g/mol. The molecular weight excluding hydrogens is 442 g/mol. The molecule has 0 radical (unpaired) electrons. The molecule has 2 heterocycles. The summed E-state index contributed by atoms with van der Waals surface area (Å²) in [6.07, 6.45) is 8.32. The van der Waals surface area contributed by atoms with Crippen molar-refractivity contribution in [3.05, 3.63) is 72.4 Å². The van der Waals surface area contributed by atoms with Crippen LogP contribution in [-0.2, 0) is 20.7 Å². The molecule has 4 rings (SSSR count). The van der Waals surface area contributed by atoms with Gasteiger partial charge in [-0.25, -0.2) is 4.79 Å². The molecule has 1 saturated carbocycles. The van der Waals surface area contributed by atoms with Crippen LogP contribution in [0.3, 0.4) is 0 Å². The van der Waals surface area contributed by atoms with E-state index < -0.39 is 35.6 Å². The number of aliphatic hydroxyl groups is 2.